The van der Waals surface area contributed by atoms with Gasteiger partial charge in [0.2, 0.25) is 0 Å². The molecule has 0 saturated carbocycles. The Morgan fingerprint density at radius 2 is 1.70 bits per heavy atom. The van der Waals surface area contributed by atoms with Crippen LogP contribution in [-0.2, 0) is 20.0 Å². The Bertz CT molecular complexity index is 1760. The molecule has 0 aliphatic rings. The van der Waals surface area contributed by atoms with Crippen molar-refractivity contribution in [2.24, 2.45) is 13.0 Å². The fourth-order valence-electron chi connectivity index (χ4n) is 4.48. The van der Waals surface area contributed by atoms with Crippen LogP contribution in [0.15, 0.2) is 86.1 Å². The van der Waals surface area contributed by atoms with Gasteiger partial charge >= 0.3 is 5.69 Å². The van der Waals surface area contributed by atoms with Crippen molar-refractivity contribution in [2.75, 3.05) is 0 Å². The second-order valence-electron chi connectivity index (χ2n) is 9.35. The fraction of sp³-hybridized carbons (Fsp3) is 0.214. The van der Waals surface area contributed by atoms with E-state index in [1.54, 1.807) is 16.7 Å². The minimum Gasteiger partial charge on any atom is -0.284 e. The second kappa shape index (κ2) is 9.99. The fourth-order valence-corrected chi connectivity index (χ4v) is 6.98. The molecule has 0 fully saturated rings. The molecule has 0 atom stereocenters. The number of thiophene rings is 1. The minimum absolute atomic E-state index is 0.0113. The summed E-state index contributed by atoms with van der Waals surface area (Å²) in [5.41, 5.74) is 0.489. The first-order chi connectivity index (χ1) is 17.7. The van der Waals surface area contributed by atoms with E-state index < -0.39 is 4.92 Å². The van der Waals surface area contributed by atoms with E-state index in [-0.39, 0.29) is 22.9 Å². The number of rotatable bonds is 7. The van der Waals surface area contributed by atoms with Crippen LogP contribution in [0, 0.1) is 16.0 Å². The molecule has 0 unspecified atom stereocenters. The maximum Gasteiger partial charge on any atom is 0.331 e. The third kappa shape index (κ3) is 4.72. The van der Waals surface area contributed by atoms with Crippen molar-refractivity contribution in [1.82, 2.24) is 9.13 Å². The van der Waals surface area contributed by atoms with E-state index in [1.807, 2.05) is 32.0 Å². The molecule has 0 amide bonds. The minimum atomic E-state index is -0.430. The third-order valence-electron chi connectivity index (χ3n) is 6.24. The molecule has 0 N–H and O–H groups in total. The molecule has 0 radical (unpaired) electrons. The lowest BCUT2D eigenvalue weighted by atomic mass is 10.0. The number of aromatic nitrogens is 2. The Hall–Kier alpha value is -3.69. The largest absolute Gasteiger partial charge is 0.331 e. The quantitative estimate of drug-likeness (QED) is 0.184. The number of nitrogens with zero attached hydrogens (tertiary/aromatic N) is 3. The number of fused-ring (bicyclic) bond motifs is 2. The Morgan fingerprint density at radius 3 is 2.41 bits per heavy atom. The van der Waals surface area contributed by atoms with Gasteiger partial charge in [0.15, 0.2) is 0 Å². The van der Waals surface area contributed by atoms with Crippen molar-refractivity contribution in [3.8, 4) is 0 Å². The maximum atomic E-state index is 13.5. The molecular formula is C28H25N3O4S2. The van der Waals surface area contributed by atoms with Crippen LogP contribution in [0.4, 0.5) is 5.69 Å². The summed E-state index contributed by atoms with van der Waals surface area (Å²) in [6, 6.07) is 20.7. The van der Waals surface area contributed by atoms with Gasteiger partial charge in [-0.2, -0.15) is 0 Å². The van der Waals surface area contributed by atoms with Crippen LogP contribution in [0.1, 0.15) is 24.3 Å². The summed E-state index contributed by atoms with van der Waals surface area (Å²) >= 11 is 2.89. The van der Waals surface area contributed by atoms with Gasteiger partial charge in [0.25, 0.3) is 11.2 Å². The van der Waals surface area contributed by atoms with Crippen LogP contribution in [0.2, 0.25) is 0 Å². The van der Waals surface area contributed by atoms with Gasteiger partial charge in [-0.15, -0.1) is 11.3 Å². The SMILES string of the molecule is CC(C)Cn1c(=O)n(C)c(=O)c2c(Sc3ccc([N+](=O)[O-])cc3)c(Cc3cccc4ccccc34)sc21. The molecule has 9 heteroatoms. The van der Waals surface area contributed by atoms with Gasteiger partial charge in [-0.3, -0.25) is 24.0 Å². The molecule has 2 aromatic heterocycles. The maximum absolute atomic E-state index is 13.5. The summed E-state index contributed by atoms with van der Waals surface area (Å²) in [6.07, 6.45) is 0.592. The predicted molar refractivity (Wildman–Crippen MR) is 150 cm³/mol. The number of non-ortho nitro benzene ring substituents is 1. The number of benzene rings is 3. The molecule has 37 heavy (non-hydrogen) atoms. The summed E-state index contributed by atoms with van der Waals surface area (Å²) < 4.78 is 2.89. The zero-order valence-electron chi connectivity index (χ0n) is 20.6. The highest BCUT2D eigenvalue weighted by atomic mass is 32.2. The second-order valence-corrected chi connectivity index (χ2v) is 11.5. The first-order valence-corrected chi connectivity index (χ1v) is 13.5. The van der Waals surface area contributed by atoms with E-state index in [0.29, 0.717) is 23.2 Å². The topological polar surface area (TPSA) is 87.1 Å². The van der Waals surface area contributed by atoms with E-state index in [0.717, 1.165) is 31.0 Å². The van der Waals surface area contributed by atoms with E-state index in [4.69, 9.17) is 0 Å². The molecule has 188 valence electrons. The molecule has 3 aromatic carbocycles. The number of nitro groups is 1. The summed E-state index contributed by atoms with van der Waals surface area (Å²) in [6.45, 7) is 4.58. The highest BCUT2D eigenvalue weighted by Gasteiger charge is 2.23. The van der Waals surface area contributed by atoms with Crippen molar-refractivity contribution in [3.63, 3.8) is 0 Å². The molecular weight excluding hydrogens is 506 g/mol. The molecule has 0 spiro atoms. The summed E-state index contributed by atoms with van der Waals surface area (Å²) in [5, 5.41) is 13.9. The Morgan fingerprint density at radius 1 is 1.00 bits per heavy atom. The van der Waals surface area contributed by atoms with Crippen molar-refractivity contribution < 1.29 is 4.92 Å². The van der Waals surface area contributed by atoms with Gasteiger partial charge in [-0.05, 0) is 34.4 Å². The van der Waals surface area contributed by atoms with E-state index >= 15 is 0 Å². The van der Waals surface area contributed by atoms with Gasteiger partial charge in [0, 0.05) is 46.8 Å². The molecule has 0 aliphatic heterocycles. The molecule has 0 aliphatic carbocycles. The van der Waals surface area contributed by atoms with Crippen molar-refractivity contribution in [3.05, 3.63) is 108 Å². The first-order valence-electron chi connectivity index (χ1n) is 11.9. The summed E-state index contributed by atoms with van der Waals surface area (Å²) in [4.78, 5) is 40.5. The molecule has 5 rings (SSSR count). The molecule has 7 nitrogen and oxygen atoms in total. The Kier molecular flexibility index (Phi) is 6.74. The number of nitro benzene ring substituents is 1. The zero-order valence-corrected chi connectivity index (χ0v) is 22.3. The molecule has 0 bridgehead atoms. The Labute approximate surface area is 221 Å². The van der Waals surface area contributed by atoms with Crippen molar-refractivity contribution >= 4 is 49.8 Å². The van der Waals surface area contributed by atoms with Crippen LogP contribution in [0.3, 0.4) is 0 Å². The highest BCUT2D eigenvalue weighted by molar-refractivity contribution is 7.99. The smallest absolute Gasteiger partial charge is 0.284 e. The van der Waals surface area contributed by atoms with Gasteiger partial charge in [0.05, 0.1) is 10.3 Å². The van der Waals surface area contributed by atoms with Crippen molar-refractivity contribution in [2.45, 2.75) is 36.6 Å². The lowest BCUT2D eigenvalue weighted by Gasteiger charge is -2.12. The standard InChI is InChI=1S/C28H25N3O4S2/c1-17(2)16-30-27-24(26(32)29(3)28(30)33)25(36-21-13-11-20(12-14-21)31(34)35)23(37-27)15-19-9-6-8-18-7-4-5-10-22(18)19/h4-14,17H,15-16H2,1-3H3. The van der Waals surface area contributed by atoms with Gasteiger partial charge < -0.3 is 0 Å². The first kappa shape index (κ1) is 25.0. The summed E-state index contributed by atoms with van der Waals surface area (Å²) in [5.74, 6) is 0.216. The predicted octanol–water partition coefficient (Wildman–Crippen LogP) is 6.22. The van der Waals surface area contributed by atoms with Crippen molar-refractivity contribution in [1.29, 1.82) is 0 Å². The zero-order chi connectivity index (χ0) is 26.3. The van der Waals surface area contributed by atoms with Crippen LogP contribution in [0.25, 0.3) is 21.0 Å². The number of hydrogen-bond acceptors (Lipinski definition) is 6. The number of hydrogen-bond donors (Lipinski definition) is 0. The van der Waals surface area contributed by atoms with Crippen LogP contribution in [0.5, 0.6) is 0 Å². The lowest BCUT2D eigenvalue weighted by Crippen LogP contribution is -2.38. The highest BCUT2D eigenvalue weighted by Crippen LogP contribution is 2.42. The van der Waals surface area contributed by atoms with Gasteiger partial charge in [-0.1, -0.05) is 68.1 Å². The lowest BCUT2D eigenvalue weighted by molar-refractivity contribution is -0.384. The average molecular weight is 532 g/mol. The average Bonchev–Trinajstić information content (AvgIpc) is 3.23. The van der Waals surface area contributed by atoms with E-state index in [1.165, 1.54) is 46.8 Å². The van der Waals surface area contributed by atoms with E-state index in [9.17, 15) is 19.7 Å². The van der Waals surface area contributed by atoms with Gasteiger partial charge in [-0.25, -0.2) is 4.79 Å². The molecule has 2 heterocycles. The normalized spacial score (nSPS) is 11.6. The van der Waals surface area contributed by atoms with E-state index in [2.05, 4.69) is 24.3 Å². The van der Waals surface area contributed by atoms with Crippen LogP contribution < -0.4 is 11.2 Å². The third-order valence-corrected chi connectivity index (χ3v) is 8.75. The molecule has 5 aromatic rings. The summed E-state index contributed by atoms with van der Waals surface area (Å²) in [7, 11) is 1.52. The molecule has 0 saturated heterocycles. The van der Waals surface area contributed by atoms with Crippen LogP contribution >= 0.6 is 23.1 Å². The van der Waals surface area contributed by atoms with Gasteiger partial charge in [0.1, 0.15) is 4.83 Å². The Balaban J connectivity index is 1.74. The monoisotopic (exact) mass is 531 g/mol. The van der Waals surface area contributed by atoms with Crippen LogP contribution in [-0.4, -0.2) is 14.1 Å².